The number of aromatic nitrogens is 3. The largest absolute Gasteiger partial charge is 0.350 e. The predicted octanol–water partition coefficient (Wildman–Crippen LogP) is 1.48. The smallest absolute Gasteiger partial charge is 0.277 e. The van der Waals surface area contributed by atoms with Crippen molar-refractivity contribution < 1.29 is 4.79 Å². The number of aryl methyl sites for hydroxylation is 1. The molecule has 1 amide bonds. The Morgan fingerprint density at radius 3 is 2.68 bits per heavy atom. The molecule has 0 bridgehead atoms. The molecule has 1 aromatic heterocycles. The number of hydrogen-bond donors (Lipinski definition) is 2. The van der Waals surface area contributed by atoms with Crippen LogP contribution in [0.15, 0.2) is 29.1 Å². The summed E-state index contributed by atoms with van der Waals surface area (Å²) in [5.74, 6) is 0.276. The number of halogens is 1. The molecule has 1 heterocycles. The molecule has 0 fully saturated rings. The van der Waals surface area contributed by atoms with E-state index in [1.165, 1.54) is 4.68 Å². The average Bonchev–Trinajstić information content (AvgIpc) is 2.53. The Balaban J connectivity index is 0.00000312. The number of hydrogen-bond acceptors (Lipinski definition) is 5. The monoisotopic (exact) mass is 367 g/mol. The predicted molar refractivity (Wildman–Crippen MR) is 101 cm³/mol. The maximum Gasteiger partial charge on any atom is 0.277 e. The summed E-state index contributed by atoms with van der Waals surface area (Å²) in [6, 6.07) is 7.02. The molecule has 1 unspecified atom stereocenters. The molecule has 1 aromatic carbocycles. The molecule has 0 spiro atoms. The Morgan fingerprint density at radius 1 is 1.36 bits per heavy atom. The van der Waals surface area contributed by atoms with Gasteiger partial charge in [-0.3, -0.25) is 9.59 Å². The van der Waals surface area contributed by atoms with Crippen LogP contribution in [0.5, 0.6) is 0 Å². The minimum Gasteiger partial charge on any atom is -0.350 e. The van der Waals surface area contributed by atoms with Crippen LogP contribution in [0.3, 0.4) is 0 Å². The lowest BCUT2D eigenvalue weighted by Gasteiger charge is -2.31. The number of carbonyl (C=O) groups is 1. The van der Waals surface area contributed by atoms with Crippen LogP contribution in [0.25, 0.3) is 10.9 Å². The fourth-order valence-corrected chi connectivity index (χ4v) is 2.86. The number of benzene rings is 1. The summed E-state index contributed by atoms with van der Waals surface area (Å²) in [6.45, 7) is 6.67. The topological polar surface area (TPSA) is 103 Å². The van der Waals surface area contributed by atoms with E-state index in [9.17, 15) is 9.59 Å². The number of carbonyl (C=O) groups excluding carboxylic acids is 1. The van der Waals surface area contributed by atoms with Gasteiger partial charge in [0.15, 0.2) is 0 Å². The van der Waals surface area contributed by atoms with Crippen LogP contribution in [0.4, 0.5) is 0 Å². The second-order valence-electron chi connectivity index (χ2n) is 6.80. The van der Waals surface area contributed by atoms with Crippen molar-refractivity contribution in [3.63, 3.8) is 0 Å². The molecule has 0 aliphatic carbocycles. The highest BCUT2D eigenvalue weighted by molar-refractivity contribution is 5.85. The van der Waals surface area contributed by atoms with Gasteiger partial charge in [0.1, 0.15) is 5.52 Å². The Bertz CT molecular complexity index is 777. The first-order valence-electron chi connectivity index (χ1n) is 8.18. The van der Waals surface area contributed by atoms with E-state index in [0.29, 0.717) is 23.4 Å². The van der Waals surface area contributed by atoms with E-state index in [1.807, 2.05) is 6.92 Å². The van der Waals surface area contributed by atoms with Gasteiger partial charge < -0.3 is 11.1 Å². The fourth-order valence-electron chi connectivity index (χ4n) is 2.86. The van der Waals surface area contributed by atoms with E-state index in [1.54, 1.807) is 24.3 Å². The number of rotatable bonds is 7. The van der Waals surface area contributed by atoms with Crippen LogP contribution >= 0.6 is 12.4 Å². The fraction of sp³-hybridized carbons (Fsp3) is 0.529. The van der Waals surface area contributed by atoms with Crippen molar-refractivity contribution in [3.8, 4) is 0 Å². The van der Waals surface area contributed by atoms with Gasteiger partial charge in [0.05, 0.1) is 11.9 Å². The molecule has 7 nitrogen and oxygen atoms in total. The maximum atomic E-state index is 12.3. The Hall–Kier alpha value is -1.99. The molecule has 2 rings (SSSR count). The van der Waals surface area contributed by atoms with Crippen LogP contribution in [-0.4, -0.2) is 33.0 Å². The summed E-state index contributed by atoms with van der Waals surface area (Å²) >= 11 is 0. The zero-order valence-corrected chi connectivity index (χ0v) is 15.7. The SMILES string of the molecule is CC(C)CC(C)(CN)NC(=O)CCn1nnc2ccccc2c1=O.Cl. The zero-order chi connectivity index (χ0) is 17.7. The third-order valence-corrected chi connectivity index (χ3v) is 3.93. The zero-order valence-electron chi connectivity index (χ0n) is 14.9. The molecule has 8 heteroatoms. The van der Waals surface area contributed by atoms with Crippen molar-refractivity contribution in [2.45, 2.75) is 45.7 Å². The maximum absolute atomic E-state index is 12.3. The molecule has 0 radical (unpaired) electrons. The average molecular weight is 368 g/mol. The van der Waals surface area contributed by atoms with Gasteiger partial charge in [0.2, 0.25) is 5.91 Å². The molecule has 0 aliphatic rings. The summed E-state index contributed by atoms with van der Waals surface area (Å²) in [7, 11) is 0. The number of fused-ring (bicyclic) bond motifs is 1. The lowest BCUT2D eigenvalue weighted by Crippen LogP contribution is -2.52. The lowest BCUT2D eigenvalue weighted by molar-refractivity contribution is -0.123. The Morgan fingerprint density at radius 2 is 2.04 bits per heavy atom. The minimum atomic E-state index is -0.439. The molecular weight excluding hydrogens is 342 g/mol. The van der Waals surface area contributed by atoms with Crippen LogP contribution in [0, 0.1) is 5.92 Å². The van der Waals surface area contributed by atoms with Gasteiger partial charge in [0, 0.05) is 18.5 Å². The van der Waals surface area contributed by atoms with Gasteiger partial charge in [0.25, 0.3) is 5.56 Å². The minimum absolute atomic E-state index is 0. The van der Waals surface area contributed by atoms with Crippen molar-refractivity contribution in [3.05, 3.63) is 34.6 Å². The standard InChI is InChI=1S/C17H25N5O2.ClH/c1-12(2)10-17(3,11-18)19-15(23)8-9-22-16(24)13-6-4-5-7-14(13)20-21-22;/h4-7,12H,8-11,18H2,1-3H3,(H,19,23);1H. The number of amides is 1. The molecule has 0 saturated heterocycles. The van der Waals surface area contributed by atoms with Gasteiger partial charge in [-0.2, -0.15) is 0 Å². The highest BCUT2D eigenvalue weighted by atomic mass is 35.5. The van der Waals surface area contributed by atoms with Crippen molar-refractivity contribution in [1.82, 2.24) is 20.3 Å². The molecule has 3 N–H and O–H groups in total. The van der Waals surface area contributed by atoms with Crippen molar-refractivity contribution in [2.24, 2.45) is 11.7 Å². The molecule has 25 heavy (non-hydrogen) atoms. The van der Waals surface area contributed by atoms with E-state index >= 15 is 0 Å². The Labute approximate surface area is 153 Å². The van der Waals surface area contributed by atoms with Crippen LogP contribution in [0.2, 0.25) is 0 Å². The van der Waals surface area contributed by atoms with E-state index in [2.05, 4.69) is 29.5 Å². The van der Waals surface area contributed by atoms with Crippen LogP contribution < -0.4 is 16.6 Å². The highest BCUT2D eigenvalue weighted by Gasteiger charge is 2.25. The normalized spacial score (nSPS) is 13.3. The molecule has 2 aromatic rings. The highest BCUT2D eigenvalue weighted by Crippen LogP contribution is 2.15. The van der Waals surface area contributed by atoms with Crippen LogP contribution in [-0.2, 0) is 11.3 Å². The summed E-state index contributed by atoms with van der Waals surface area (Å²) in [5.41, 5.74) is 5.68. The number of nitrogens with zero attached hydrogens (tertiary/aromatic N) is 3. The van der Waals surface area contributed by atoms with Crippen LogP contribution in [0.1, 0.15) is 33.6 Å². The summed E-state index contributed by atoms with van der Waals surface area (Å²) in [6.07, 6.45) is 0.950. The van der Waals surface area contributed by atoms with Gasteiger partial charge >= 0.3 is 0 Å². The molecule has 138 valence electrons. The third kappa shape index (κ3) is 5.51. The summed E-state index contributed by atoms with van der Waals surface area (Å²) in [4.78, 5) is 24.6. The summed E-state index contributed by atoms with van der Waals surface area (Å²) < 4.78 is 1.23. The molecule has 0 aliphatic heterocycles. The first-order valence-corrected chi connectivity index (χ1v) is 8.18. The van der Waals surface area contributed by atoms with Gasteiger partial charge in [-0.15, -0.1) is 17.5 Å². The molecule has 0 saturated carbocycles. The molecule has 1 atom stereocenters. The molecular formula is C17H26ClN5O2. The first kappa shape index (κ1) is 21.1. The van der Waals surface area contributed by atoms with Crippen molar-refractivity contribution in [2.75, 3.05) is 6.54 Å². The van der Waals surface area contributed by atoms with E-state index in [4.69, 9.17) is 5.73 Å². The van der Waals surface area contributed by atoms with Gasteiger partial charge in [-0.25, -0.2) is 4.68 Å². The van der Waals surface area contributed by atoms with Gasteiger partial charge in [-0.05, 0) is 31.4 Å². The lowest BCUT2D eigenvalue weighted by atomic mass is 9.90. The number of nitrogens with two attached hydrogens (primary N) is 1. The van der Waals surface area contributed by atoms with Crippen molar-refractivity contribution in [1.29, 1.82) is 0 Å². The Kier molecular flexibility index (Phi) is 7.51. The van der Waals surface area contributed by atoms with E-state index < -0.39 is 5.54 Å². The summed E-state index contributed by atoms with van der Waals surface area (Å²) in [5, 5.41) is 11.4. The number of nitrogens with one attached hydrogen (secondary N) is 1. The van der Waals surface area contributed by atoms with E-state index in [-0.39, 0.29) is 36.8 Å². The van der Waals surface area contributed by atoms with Crippen molar-refractivity contribution >= 4 is 29.2 Å². The van der Waals surface area contributed by atoms with E-state index in [0.717, 1.165) is 6.42 Å². The first-order chi connectivity index (χ1) is 11.3. The third-order valence-electron chi connectivity index (χ3n) is 3.93. The van der Waals surface area contributed by atoms with Gasteiger partial charge in [-0.1, -0.05) is 31.2 Å². The quantitative estimate of drug-likeness (QED) is 0.771. The second-order valence-corrected chi connectivity index (χ2v) is 6.80. The second kappa shape index (κ2) is 8.92.